The number of hydrogen-bond donors (Lipinski definition) is 1. The lowest BCUT2D eigenvalue weighted by atomic mass is 9.93. The number of nitrogens with one attached hydrogen (secondary N) is 1. The molecule has 0 aliphatic heterocycles. The molecule has 0 radical (unpaired) electrons. The van der Waals surface area contributed by atoms with Gasteiger partial charge in [0, 0.05) is 16.0 Å². The van der Waals surface area contributed by atoms with Crippen molar-refractivity contribution in [2.45, 2.75) is 31.1 Å². The van der Waals surface area contributed by atoms with Crippen LogP contribution in [0.5, 0.6) is 5.75 Å². The lowest BCUT2D eigenvalue weighted by Gasteiger charge is -2.12. The molecule has 120 valence electrons. The first kappa shape index (κ1) is 16.8. The summed E-state index contributed by atoms with van der Waals surface area (Å²) < 4.78 is 38.3. The Kier molecular flexibility index (Phi) is 4.53. The first-order chi connectivity index (χ1) is 10.1. The maximum absolute atomic E-state index is 12.5. The molecule has 0 spiro atoms. The van der Waals surface area contributed by atoms with Crippen molar-refractivity contribution in [3.8, 4) is 5.75 Å². The van der Waals surface area contributed by atoms with Crippen LogP contribution < -0.4 is 9.46 Å². The molecule has 0 aliphatic rings. The Hall–Kier alpha value is -1.54. The number of benzene rings is 1. The fraction of sp³-hybridized carbons (Fsp3) is 0.357. The van der Waals surface area contributed by atoms with Crippen molar-refractivity contribution in [1.29, 1.82) is 0 Å². The van der Waals surface area contributed by atoms with Gasteiger partial charge in [0.1, 0.15) is 16.4 Å². The zero-order chi connectivity index (χ0) is 16.5. The number of anilines is 1. The van der Waals surface area contributed by atoms with E-state index >= 15 is 0 Å². The molecule has 0 saturated heterocycles. The fourth-order valence-electron chi connectivity index (χ4n) is 1.73. The van der Waals surface area contributed by atoms with Crippen LogP contribution in [0.25, 0.3) is 0 Å². The maximum atomic E-state index is 12.5. The van der Waals surface area contributed by atoms with Crippen molar-refractivity contribution in [3.05, 3.63) is 34.5 Å². The van der Waals surface area contributed by atoms with Gasteiger partial charge in [-0.1, -0.05) is 41.9 Å². The van der Waals surface area contributed by atoms with E-state index in [0.717, 1.165) is 0 Å². The second-order valence-electron chi connectivity index (χ2n) is 5.73. The van der Waals surface area contributed by atoms with E-state index in [1.54, 1.807) is 18.2 Å². The Morgan fingerprint density at radius 3 is 2.50 bits per heavy atom. The van der Waals surface area contributed by atoms with Crippen molar-refractivity contribution >= 4 is 31.8 Å². The summed E-state index contributed by atoms with van der Waals surface area (Å²) in [4.78, 5) is 0.0182. The molecule has 1 aromatic carbocycles. The fourth-order valence-corrected chi connectivity index (χ4v) is 3.42. The highest BCUT2D eigenvalue weighted by Crippen LogP contribution is 2.30. The zero-order valence-electron chi connectivity index (χ0n) is 12.7. The summed E-state index contributed by atoms with van der Waals surface area (Å²) in [5.74, 6) is 0.966. The minimum atomic E-state index is -3.84. The summed E-state index contributed by atoms with van der Waals surface area (Å²) in [6.07, 6.45) is 0. The van der Waals surface area contributed by atoms with E-state index in [0.29, 0.717) is 10.2 Å². The van der Waals surface area contributed by atoms with E-state index in [1.165, 1.54) is 13.2 Å². The summed E-state index contributed by atoms with van der Waals surface area (Å²) in [5, 5.41) is 3.75. The SMILES string of the molecule is COc1ccc(Br)cc1S(=O)(=O)Nc1cc(C(C)(C)C)on1. The number of aromatic nitrogens is 1. The Bertz CT molecular complexity index is 778. The van der Waals surface area contributed by atoms with Gasteiger partial charge in [0.05, 0.1) is 7.11 Å². The van der Waals surface area contributed by atoms with Crippen molar-refractivity contribution < 1.29 is 17.7 Å². The summed E-state index contributed by atoms with van der Waals surface area (Å²) in [6, 6.07) is 6.31. The normalized spacial score (nSPS) is 12.2. The number of nitrogens with zero attached hydrogens (tertiary/aromatic N) is 1. The van der Waals surface area contributed by atoms with Gasteiger partial charge in [-0.15, -0.1) is 0 Å². The molecule has 0 amide bonds. The molecular formula is C14H17BrN2O4S. The van der Waals surface area contributed by atoms with Gasteiger partial charge >= 0.3 is 0 Å². The summed E-state index contributed by atoms with van der Waals surface area (Å²) in [5.41, 5.74) is -0.260. The second-order valence-corrected chi connectivity index (χ2v) is 8.29. The summed E-state index contributed by atoms with van der Waals surface area (Å²) in [6.45, 7) is 5.84. The number of sulfonamides is 1. The zero-order valence-corrected chi connectivity index (χ0v) is 15.1. The number of halogens is 1. The topological polar surface area (TPSA) is 81.4 Å². The van der Waals surface area contributed by atoms with Crippen molar-refractivity contribution in [3.63, 3.8) is 0 Å². The Balaban J connectivity index is 2.36. The maximum Gasteiger partial charge on any atom is 0.266 e. The van der Waals surface area contributed by atoms with E-state index in [-0.39, 0.29) is 21.9 Å². The van der Waals surface area contributed by atoms with Gasteiger partial charge in [-0.2, -0.15) is 0 Å². The highest BCUT2D eigenvalue weighted by molar-refractivity contribution is 9.10. The summed E-state index contributed by atoms with van der Waals surface area (Å²) >= 11 is 3.25. The molecule has 6 nitrogen and oxygen atoms in total. The molecule has 2 rings (SSSR count). The van der Waals surface area contributed by atoms with Gasteiger partial charge in [0.15, 0.2) is 5.82 Å². The highest BCUT2D eigenvalue weighted by Gasteiger charge is 2.24. The van der Waals surface area contributed by atoms with Gasteiger partial charge in [0.2, 0.25) is 0 Å². The molecule has 1 aromatic heterocycles. The van der Waals surface area contributed by atoms with E-state index < -0.39 is 10.0 Å². The third-order valence-corrected chi connectivity index (χ3v) is 4.77. The van der Waals surface area contributed by atoms with Crippen LogP contribution >= 0.6 is 15.9 Å². The minimum absolute atomic E-state index is 0.0182. The Morgan fingerprint density at radius 1 is 1.27 bits per heavy atom. The Labute approximate surface area is 138 Å². The smallest absolute Gasteiger partial charge is 0.266 e. The third-order valence-electron chi connectivity index (χ3n) is 2.90. The van der Waals surface area contributed by atoms with E-state index in [9.17, 15) is 8.42 Å². The van der Waals surface area contributed by atoms with E-state index in [4.69, 9.17) is 9.26 Å². The van der Waals surface area contributed by atoms with Gasteiger partial charge in [-0.3, -0.25) is 4.72 Å². The van der Waals surface area contributed by atoms with Crippen LogP contribution in [0.3, 0.4) is 0 Å². The number of hydrogen-bond acceptors (Lipinski definition) is 5. The third kappa shape index (κ3) is 3.61. The van der Waals surface area contributed by atoms with Gasteiger partial charge in [0.25, 0.3) is 10.0 Å². The molecule has 1 heterocycles. The van der Waals surface area contributed by atoms with Crippen LogP contribution in [-0.2, 0) is 15.4 Å². The van der Waals surface area contributed by atoms with Crippen molar-refractivity contribution in [2.75, 3.05) is 11.8 Å². The number of methoxy groups -OCH3 is 1. The van der Waals surface area contributed by atoms with Crippen molar-refractivity contribution in [1.82, 2.24) is 5.16 Å². The molecule has 2 aromatic rings. The van der Waals surface area contributed by atoms with Crippen molar-refractivity contribution in [2.24, 2.45) is 0 Å². The van der Waals surface area contributed by atoms with Crippen LogP contribution in [0.2, 0.25) is 0 Å². The minimum Gasteiger partial charge on any atom is -0.495 e. The van der Waals surface area contributed by atoms with E-state index in [2.05, 4.69) is 25.8 Å². The molecule has 0 bridgehead atoms. The van der Waals surface area contributed by atoms with Crippen LogP contribution in [0, 0.1) is 0 Å². The predicted molar refractivity (Wildman–Crippen MR) is 86.7 cm³/mol. The average Bonchev–Trinajstić information content (AvgIpc) is 2.86. The molecule has 1 N–H and O–H groups in total. The number of rotatable bonds is 4. The van der Waals surface area contributed by atoms with Gasteiger partial charge in [-0.05, 0) is 18.2 Å². The number of ether oxygens (including phenoxy) is 1. The monoisotopic (exact) mass is 388 g/mol. The molecule has 0 saturated carbocycles. The molecule has 22 heavy (non-hydrogen) atoms. The molecule has 0 atom stereocenters. The van der Waals surface area contributed by atoms with Crippen LogP contribution in [0.4, 0.5) is 5.82 Å². The standard InChI is InChI=1S/C14H17BrN2O4S/c1-14(2,3)12-8-13(16-21-12)17-22(18,19)11-7-9(15)5-6-10(11)20-4/h5-8H,1-4H3,(H,16,17). The van der Waals surface area contributed by atoms with Gasteiger partial charge < -0.3 is 9.26 Å². The lowest BCUT2D eigenvalue weighted by molar-refractivity contribution is 0.331. The average molecular weight is 389 g/mol. The Morgan fingerprint density at radius 2 is 1.95 bits per heavy atom. The van der Waals surface area contributed by atoms with Crippen LogP contribution in [0.1, 0.15) is 26.5 Å². The molecular weight excluding hydrogens is 372 g/mol. The lowest BCUT2D eigenvalue weighted by Crippen LogP contribution is -2.14. The highest BCUT2D eigenvalue weighted by atomic mass is 79.9. The van der Waals surface area contributed by atoms with Crippen LogP contribution in [-0.4, -0.2) is 20.7 Å². The quantitative estimate of drug-likeness (QED) is 0.865. The molecule has 8 heteroatoms. The largest absolute Gasteiger partial charge is 0.495 e. The predicted octanol–water partition coefficient (Wildman–Crippen LogP) is 3.54. The molecule has 0 aliphatic carbocycles. The molecule has 0 fully saturated rings. The van der Waals surface area contributed by atoms with Crippen LogP contribution in [0.15, 0.2) is 38.2 Å². The van der Waals surface area contributed by atoms with Gasteiger partial charge in [-0.25, -0.2) is 8.42 Å². The molecule has 0 unspecified atom stereocenters. The first-order valence-corrected chi connectivity index (χ1v) is 8.74. The van der Waals surface area contributed by atoms with E-state index in [1.807, 2.05) is 20.8 Å². The first-order valence-electron chi connectivity index (χ1n) is 6.47. The summed E-state index contributed by atoms with van der Waals surface area (Å²) in [7, 11) is -2.43. The second kappa shape index (κ2) is 5.92.